The predicted molar refractivity (Wildman–Crippen MR) is 87.8 cm³/mol. The first-order chi connectivity index (χ1) is 9.95. The van der Waals surface area contributed by atoms with E-state index in [0.29, 0.717) is 16.8 Å². The molecule has 108 valence electrons. The molecular weight excluding hydrogens is 354 g/mol. The van der Waals surface area contributed by atoms with Gasteiger partial charge in [-0.3, -0.25) is 4.79 Å². The highest BCUT2D eigenvalue weighted by Crippen LogP contribution is 2.23. The number of carbonyl (C=O) groups excluding carboxylic acids is 1. The molecule has 0 bridgehead atoms. The minimum Gasteiger partial charge on any atom is -0.478 e. The molecule has 0 saturated carbocycles. The molecule has 0 atom stereocenters. The first-order valence-electron chi connectivity index (χ1n) is 6.03. The van der Waals surface area contributed by atoms with E-state index in [4.69, 9.17) is 5.11 Å². The highest BCUT2D eigenvalue weighted by molar-refractivity contribution is 9.11. The van der Waals surface area contributed by atoms with Gasteiger partial charge in [0.2, 0.25) is 0 Å². The fourth-order valence-corrected chi connectivity index (χ4v) is 2.81. The van der Waals surface area contributed by atoms with Crippen LogP contribution in [0.4, 0.5) is 5.69 Å². The van der Waals surface area contributed by atoms with E-state index in [1.807, 2.05) is 13.0 Å². The number of hydrogen-bond donors (Lipinski definition) is 2. The zero-order chi connectivity index (χ0) is 15.4. The minimum atomic E-state index is -1.01. The van der Waals surface area contributed by atoms with E-state index in [-0.39, 0.29) is 5.91 Å². The molecule has 0 aliphatic rings. The number of carboxylic acids is 1. The van der Waals surface area contributed by atoms with Gasteiger partial charge in [-0.1, -0.05) is 12.1 Å². The smallest absolute Gasteiger partial charge is 0.328 e. The lowest BCUT2D eigenvalue weighted by Gasteiger charge is -2.08. The Morgan fingerprint density at radius 2 is 2.10 bits per heavy atom. The van der Waals surface area contributed by atoms with Crippen LogP contribution in [0, 0.1) is 6.92 Å². The van der Waals surface area contributed by atoms with Gasteiger partial charge in [0.05, 0.1) is 9.35 Å². The van der Waals surface area contributed by atoms with Crippen molar-refractivity contribution in [1.29, 1.82) is 0 Å². The van der Waals surface area contributed by atoms with Crippen LogP contribution in [0.3, 0.4) is 0 Å². The number of carbonyl (C=O) groups is 2. The van der Waals surface area contributed by atoms with E-state index < -0.39 is 5.97 Å². The average molecular weight is 366 g/mol. The summed E-state index contributed by atoms with van der Waals surface area (Å²) >= 11 is 4.76. The van der Waals surface area contributed by atoms with Gasteiger partial charge in [-0.25, -0.2) is 4.79 Å². The van der Waals surface area contributed by atoms with E-state index in [1.165, 1.54) is 17.4 Å². The second-order valence-corrected chi connectivity index (χ2v) is 6.63. The lowest BCUT2D eigenvalue weighted by atomic mass is 10.1. The number of hydrogen-bond acceptors (Lipinski definition) is 3. The van der Waals surface area contributed by atoms with Crippen molar-refractivity contribution in [3.05, 3.63) is 56.2 Å². The molecule has 21 heavy (non-hydrogen) atoms. The zero-order valence-corrected chi connectivity index (χ0v) is 13.5. The van der Waals surface area contributed by atoms with Crippen LogP contribution in [0.2, 0.25) is 0 Å². The average Bonchev–Trinajstić information content (AvgIpc) is 2.86. The summed E-state index contributed by atoms with van der Waals surface area (Å²) in [5.41, 5.74) is 2.86. The number of carboxylic acid groups (broad SMARTS) is 1. The maximum Gasteiger partial charge on any atom is 0.328 e. The fraction of sp³-hybridized carbons (Fsp3) is 0.0667. The van der Waals surface area contributed by atoms with Gasteiger partial charge >= 0.3 is 5.97 Å². The van der Waals surface area contributed by atoms with Crippen molar-refractivity contribution in [2.45, 2.75) is 6.92 Å². The number of aryl methyl sites for hydroxylation is 1. The Bertz CT molecular complexity index is 721. The van der Waals surface area contributed by atoms with Crippen LogP contribution < -0.4 is 5.32 Å². The highest BCUT2D eigenvalue weighted by Gasteiger charge is 2.10. The van der Waals surface area contributed by atoms with E-state index >= 15 is 0 Å². The lowest BCUT2D eigenvalue weighted by molar-refractivity contribution is -0.131. The Labute approximate surface area is 134 Å². The van der Waals surface area contributed by atoms with Gasteiger partial charge in [0.1, 0.15) is 0 Å². The Hall–Kier alpha value is -1.92. The van der Waals surface area contributed by atoms with E-state index in [1.54, 1.807) is 23.6 Å². The standard InChI is InChI=1S/C15H12BrNO3S/c1-9-2-3-10(4-5-14(18)19)6-12(9)17-15(20)11-7-13(16)21-8-11/h2-8H,1H3,(H,17,20)(H,18,19)/b5-4+. The molecule has 0 aliphatic carbocycles. The second kappa shape index (κ2) is 6.69. The molecule has 0 spiro atoms. The van der Waals surface area contributed by atoms with Crippen LogP contribution in [-0.4, -0.2) is 17.0 Å². The highest BCUT2D eigenvalue weighted by atomic mass is 79.9. The first-order valence-corrected chi connectivity index (χ1v) is 7.70. The maximum atomic E-state index is 12.1. The van der Waals surface area contributed by atoms with E-state index in [0.717, 1.165) is 15.4 Å². The monoisotopic (exact) mass is 365 g/mol. The molecule has 6 heteroatoms. The van der Waals surface area contributed by atoms with Gasteiger partial charge in [0.15, 0.2) is 0 Å². The molecule has 1 heterocycles. The molecule has 0 radical (unpaired) electrons. The topological polar surface area (TPSA) is 66.4 Å². The summed E-state index contributed by atoms with van der Waals surface area (Å²) in [4.78, 5) is 22.6. The molecule has 1 aromatic heterocycles. The summed E-state index contributed by atoms with van der Waals surface area (Å²) in [5, 5.41) is 13.2. The van der Waals surface area contributed by atoms with Crippen molar-refractivity contribution in [2.75, 3.05) is 5.32 Å². The Morgan fingerprint density at radius 1 is 1.33 bits per heavy atom. The number of anilines is 1. The van der Waals surface area contributed by atoms with Crippen LogP contribution in [-0.2, 0) is 4.79 Å². The van der Waals surface area contributed by atoms with Crippen molar-refractivity contribution in [3.63, 3.8) is 0 Å². The van der Waals surface area contributed by atoms with Crippen molar-refractivity contribution in [3.8, 4) is 0 Å². The van der Waals surface area contributed by atoms with Crippen LogP contribution in [0.5, 0.6) is 0 Å². The summed E-state index contributed by atoms with van der Waals surface area (Å²) in [6.45, 7) is 1.88. The molecule has 0 unspecified atom stereocenters. The summed E-state index contributed by atoms with van der Waals surface area (Å²) in [5.74, 6) is -1.20. The van der Waals surface area contributed by atoms with Crippen molar-refractivity contribution < 1.29 is 14.7 Å². The molecule has 0 aliphatic heterocycles. The molecule has 1 aromatic carbocycles. The number of thiophene rings is 1. The van der Waals surface area contributed by atoms with Gasteiger partial charge in [-0.15, -0.1) is 11.3 Å². The minimum absolute atomic E-state index is 0.195. The first kappa shape index (κ1) is 15.5. The molecule has 0 saturated heterocycles. The third-order valence-corrected chi connectivity index (χ3v) is 4.26. The van der Waals surface area contributed by atoms with E-state index in [2.05, 4.69) is 21.2 Å². The van der Waals surface area contributed by atoms with Crippen molar-refractivity contribution in [2.24, 2.45) is 0 Å². The lowest BCUT2D eigenvalue weighted by Crippen LogP contribution is -2.11. The summed E-state index contributed by atoms with van der Waals surface area (Å²) in [6.07, 6.45) is 2.55. The summed E-state index contributed by atoms with van der Waals surface area (Å²) < 4.78 is 0.891. The van der Waals surface area contributed by atoms with Gasteiger partial charge in [-0.05, 0) is 52.2 Å². The number of nitrogens with one attached hydrogen (secondary N) is 1. The van der Waals surface area contributed by atoms with Gasteiger partial charge in [0.25, 0.3) is 5.91 Å². The Kier molecular flexibility index (Phi) is 4.93. The van der Waals surface area contributed by atoms with Crippen LogP contribution >= 0.6 is 27.3 Å². The largest absolute Gasteiger partial charge is 0.478 e. The SMILES string of the molecule is Cc1ccc(/C=C/C(=O)O)cc1NC(=O)c1csc(Br)c1. The molecule has 2 rings (SSSR count). The molecule has 0 fully saturated rings. The normalized spacial score (nSPS) is 10.8. The number of rotatable bonds is 4. The second-order valence-electron chi connectivity index (χ2n) is 4.34. The molecule has 1 amide bonds. The quantitative estimate of drug-likeness (QED) is 0.799. The number of aliphatic carboxylic acids is 1. The fourth-order valence-electron chi connectivity index (χ4n) is 1.67. The Balaban J connectivity index is 2.21. The van der Waals surface area contributed by atoms with Crippen molar-refractivity contribution in [1.82, 2.24) is 0 Å². The number of amides is 1. The number of benzene rings is 1. The zero-order valence-electron chi connectivity index (χ0n) is 11.1. The van der Waals surface area contributed by atoms with Gasteiger partial charge in [-0.2, -0.15) is 0 Å². The maximum absolute atomic E-state index is 12.1. The van der Waals surface area contributed by atoms with Crippen molar-refractivity contribution >= 4 is 50.9 Å². The summed E-state index contributed by atoms with van der Waals surface area (Å²) in [7, 11) is 0. The van der Waals surface area contributed by atoms with Crippen LogP contribution in [0.15, 0.2) is 39.5 Å². The Morgan fingerprint density at radius 3 is 2.71 bits per heavy atom. The molecule has 2 aromatic rings. The van der Waals surface area contributed by atoms with E-state index in [9.17, 15) is 9.59 Å². The third kappa shape index (κ3) is 4.27. The predicted octanol–water partition coefficient (Wildman–Crippen LogP) is 4.17. The molecule has 4 nitrogen and oxygen atoms in total. The van der Waals surface area contributed by atoms with Gasteiger partial charge < -0.3 is 10.4 Å². The molecular formula is C15H12BrNO3S. The van der Waals surface area contributed by atoms with Crippen LogP contribution in [0.25, 0.3) is 6.08 Å². The van der Waals surface area contributed by atoms with Crippen LogP contribution in [0.1, 0.15) is 21.5 Å². The third-order valence-electron chi connectivity index (χ3n) is 2.76. The number of halogens is 1. The molecule has 2 N–H and O–H groups in total. The summed E-state index contributed by atoms with van der Waals surface area (Å²) in [6, 6.07) is 7.13. The van der Waals surface area contributed by atoms with Gasteiger partial charge in [0, 0.05) is 17.1 Å².